The normalized spacial score (nSPS) is 14.0. The Morgan fingerprint density at radius 1 is 1.10 bits per heavy atom. The number of sulfonamides is 1. The molecule has 2 aromatic carbocycles. The van der Waals surface area contributed by atoms with E-state index in [4.69, 9.17) is 4.74 Å². The van der Waals surface area contributed by atoms with Crippen LogP contribution < -0.4 is 9.62 Å². The molecule has 0 unspecified atom stereocenters. The molecule has 0 aliphatic carbocycles. The van der Waals surface area contributed by atoms with Crippen molar-refractivity contribution >= 4 is 39.1 Å². The molecule has 0 radical (unpaired) electrons. The van der Waals surface area contributed by atoms with Crippen LogP contribution >= 0.6 is 0 Å². The highest BCUT2D eigenvalue weighted by Crippen LogP contribution is 2.22. The lowest BCUT2D eigenvalue weighted by molar-refractivity contribution is -0.117. The minimum Gasteiger partial charge on any atom is -0.454 e. The van der Waals surface area contributed by atoms with Crippen LogP contribution in [0.1, 0.15) is 33.6 Å². The average Bonchev–Trinajstić information content (AvgIpc) is 3.11. The van der Waals surface area contributed by atoms with E-state index < -0.39 is 28.4 Å². The van der Waals surface area contributed by atoms with Crippen molar-refractivity contribution < 1.29 is 27.5 Å². The van der Waals surface area contributed by atoms with Crippen LogP contribution in [0.3, 0.4) is 0 Å². The molecular formula is C20H20N2O6S. The van der Waals surface area contributed by atoms with Gasteiger partial charge in [0.05, 0.1) is 17.5 Å². The van der Waals surface area contributed by atoms with Gasteiger partial charge in [-0.2, -0.15) is 0 Å². The summed E-state index contributed by atoms with van der Waals surface area (Å²) in [6.07, 6.45) is 2.30. The number of esters is 1. The van der Waals surface area contributed by atoms with Gasteiger partial charge in [-0.1, -0.05) is 12.1 Å². The van der Waals surface area contributed by atoms with Crippen molar-refractivity contribution in [3.8, 4) is 0 Å². The van der Waals surface area contributed by atoms with Gasteiger partial charge in [-0.3, -0.25) is 14.3 Å². The van der Waals surface area contributed by atoms with Gasteiger partial charge in [-0.25, -0.2) is 13.2 Å². The highest BCUT2D eigenvalue weighted by Gasteiger charge is 2.22. The van der Waals surface area contributed by atoms with Crippen LogP contribution in [-0.4, -0.2) is 45.5 Å². The number of nitrogens with zero attached hydrogens (tertiary/aromatic N) is 1. The second-order valence-corrected chi connectivity index (χ2v) is 8.36. The summed E-state index contributed by atoms with van der Waals surface area (Å²) in [7, 11) is -3.58. The van der Waals surface area contributed by atoms with Gasteiger partial charge in [0.2, 0.25) is 15.9 Å². The molecule has 0 aromatic heterocycles. The SMILES string of the molecule is CS(=O)(=O)Nc1ccccc1C(=O)OCC(=O)c1ccc(N2CCCC2=O)cc1. The summed E-state index contributed by atoms with van der Waals surface area (Å²) in [5.41, 5.74) is 1.15. The number of para-hydroxylation sites is 1. The predicted molar refractivity (Wildman–Crippen MR) is 108 cm³/mol. The maximum absolute atomic E-state index is 12.3. The van der Waals surface area contributed by atoms with E-state index in [0.717, 1.165) is 18.4 Å². The third-order valence-corrected chi connectivity index (χ3v) is 4.94. The highest BCUT2D eigenvalue weighted by atomic mass is 32.2. The molecule has 2 aromatic rings. The average molecular weight is 416 g/mol. The predicted octanol–water partition coefficient (Wildman–Crippen LogP) is 2.22. The lowest BCUT2D eigenvalue weighted by Crippen LogP contribution is -2.23. The Balaban J connectivity index is 1.64. The fraction of sp³-hybridized carbons (Fsp3) is 0.250. The van der Waals surface area contributed by atoms with Crippen molar-refractivity contribution in [3.63, 3.8) is 0 Å². The zero-order chi connectivity index (χ0) is 21.0. The van der Waals surface area contributed by atoms with Crippen LogP contribution in [0.4, 0.5) is 11.4 Å². The van der Waals surface area contributed by atoms with Crippen molar-refractivity contribution in [1.82, 2.24) is 0 Å². The first-order chi connectivity index (χ1) is 13.7. The van der Waals surface area contributed by atoms with E-state index in [9.17, 15) is 22.8 Å². The number of rotatable bonds is 7. The van der Waals surface area contributed by atoms with E-state index in [1.165, 1.54) is 12.1 Å². The number of carbonyl (C=O) groups is 3. The Bertz CT molecular complexity index is 1050. The summed E-state index contributed by atoms with van der Waals surface area (Å²) >= 11 is 0. The van der Waals surface area contributed by atoms with Gasteiger partial charge in [0.1, 0.15) is 0 Å². The molecule has 8 nitrogen and oxygen atoms in total. The quantitative estimate of drug-likeness (QED) is 0.547. The van der Waals surface area contributed by atoms with E-state index in [1.54, 1.807) is 41.3 Å². The molecule has 3 rings (SSSR count). The number of benzene rings is 2. The molecule has 152 valence electrons. The van der Waals surface area contributed by atoms with Crippen molar-refractivity contribution in [2.75, 3.05) is 29.0 Å². The van der Waals surface area contributed by atoms with E-state index in [1.807, 2.05) is 0 Å². The number of anilines is 2. The smallest absolute Gasteiger partial charge is 0.340 e. The number of ketones is 1. The lowest BCUT2D eigenvalue weighted by Gasteiger charge is -2.15. The second-order valence-electron chi connectivity index (χ2n) is 6.61. The Hall–Kier alpha value is -3.20. The summed E-state index contributed by atoms with van der Waals surface area (Å²) in [6, 6.07) is 12.5. The summed E-state index contributed by atoms with van der Waals surface area (Å²) in [5, 5.41) is 0. The fourth-order valence-corrected chi connectivity index (χ4v) is 3.57. The molecule has 1 fully saturated rings. The van der Waals surface area contributed by atoms with Crippen LogP contribution in [-0.2, 0) is 19.6 Å². The van der Waals surface area contributed by atoms with Crippen LogP contribution in [0, 0.1) is 0 Å². The molecule has 1 N–H and O–H groups in total. The standard InChI is InChI=1S/C20H20N2O6S/c1-29(26,27)21-17-6-3-2-5-16(17)20(25)28-13-18(23)14-8-10-15(11-9-14)22-12-4-7-19(22)24/h2-3,5-6,8-11,21H,4,7,12-13H2,1H3. The largest absolute Gasteiger partial charge is 0.454 e. The molecule has 0 spiro atoms. The zero-order valence-electron chi connectivity index (χ0n) is 15.8. The van der Waals surface area contributed by atoms with E-state index in [2.05, 4.69) is 4.72 Å². The monoisotopic (exact) mass is 416 g/mol. The Labute approximate surface area is 168 Å². The molecule has 1 amide bonds. The number of hydrogen-bond donors (Lipinski definition) is 1. The van der Waals surface area contributed by atoms with Crippen LogP contribution in [0.25, 0.3) is 0 Å². The second kappa shape index (κ2) is 8.44. The van der Waals surface area contributed by atoms with Crippen molar-refractivity contribution in [2.45, 2.75) is 12.8 Å². The molecule has 1 aliphatic rings. The van der Waals surface area contributed by atoms with Crippen LogP contribution in [0.15, 0.2) is 48.5 Å². The molecule has 29 heavy (non-hydrogen) atoms. The number of nitrogens with one attached hydrogen (secondary N) is 1. The molecule has 1 heterocycles. The van der Waals surface area contributed by atoms with E-state index in [-0.39, 0.29) is 17.2 Å². The first-order valence-corrected chi connectivity index (χ1v) is 10.8. The summed E-state index contributed by atoms with van der Waals surface area (Å²) in [5.74, 6) is -1.17. The van der Waals surface area contributed by atoms with Gasteiger partial charge in [0.15, 0.2) is 12.4 Å². The van der Waals surface area contributed by atoms with E-state index >= 15 is 0 Å². The topological polar surface area (TPSA) is 110 Å². The van der Waals surface area contributed by atoms with Crippen LogP contribution in [0.5, 0.6) is 0 Å². The number of hydrogen-bond acceptors (Lipinski definition) is 6. The Morgan fingerprint density at radius 3 is 2.41 bits per heavy atom. The molecule has 9 heteroatoms. The zero-order valence-corrected chi connectivity index (χ0v) is 16.6. The van der Waals surface area contributed by atoms with E-state index in [0.29, 0.717) is 18.5 Å². The molecular weight excluding hydrogens is 396 g/mol. The first kappa shape index (κ1) is 20.5. The number of carbonyl (C=O) groups excluding carboxylic acids is 3. The molecule has 1 saturated heterocycles. The molecule has 1 aliphatic heterocycles. The van der Waals surface area contributed by atoms with Crippen molar-refractivity contribution in [2.24, 2.45) is 0 Å². The van der Waals surface area contributed by atoms with Crippen LogP contribution in [0.2, 0.25) is 0 Å². The number of ether oxygens (including phenoxy) is 1. The summed E-state index contributed by atoms with van der Waals surface area (Å²) in [6.45, 7) is 0.165. The van der Waals surface area contributed by atoms with Gasteiger partial charge >= 0.3 is 5.97 Å². The number of amides is 1. The third kappa shape index (κ3) is 5.20. The molecule has 0 atom stereocenters. The number of Topliss-reactive ketones (excluding diaryl/α,β-unsaturated/α-hetero) is 1. The van der Waals surface area contributed by atoms with Gasteiger partial charge in [-0.05, 0) is 42.8 Å². The van der Waals surface area contributed by atoms with Gasteiger partial charge in [0, 0.05) is 24.2 Å². The maximum atomic E-state index is 12.3. The first-order valence-electron chi connectivity index (χ1n) is 8.92. The minimum atomic E-state index is -3.58. The van der Waals surface area contributed by atoms with Gasteiger partial charge in [0.25, 0.3) is 0 Å². The lowest BCUT2D eigenvalue weighted by atomic mass is 10.1. The molecule has 0 bridgehead atoms. The Kier molecular flexibility index (Phi) is 5.97. The van der Waals surface area contributed by atoms with Crippen molar-refractivity contribution in [1.29, 1.82) is 0 Å². The third-order valence-electron chi connectivity index (χ3n) is 4.35. The van der Waals surface area contributed by atoms with Gasteiger partial charge < -0.3 is 9.64 Å². The highest BCUT2D eigenvalue weighted by molar-refractivity contribution is 7.92. The minimum absolute atomic E-state index is 0.00798. The summed E-state index contributed by atoms with van der Waals surface area (Å²) in [4.78, 5) is 38.1. The Morgan fingerprint density at radius 2 is 1.79 bits per heavy atom. The fourth-order valence-electron chi connectivity index (χ4n) is 2.99. The molecule has 0 saturated carbocycles. The van der Waals surface area contributed by atoms with Crippen molar-refractivity contribution in [3.05, 3.63) is 59.7 Å². The maximum Gasteiger partial charge on any atom is 0.340 e. The summed E-state index contributed by atoms with van der Waals surface area (Å²) < 4.78 is 30.2. The van der Waals surface area contributed by atoms with Gasteiger partial charge in [-0.15, -0.1) is 0 Å².